The lowest BCUT2D eigenvalue weighted by molar-refractivity contribution is -0.120. The van der Waals surface area contributed by atoms with Gasteiger partial charge in [-0.15, -0.1) is 0 Å². The van der Waals surface area contributed by atoms with Crippen LogP contribution in [0, 0.1) is 12.7 Å². The van der Waals surface area contributed by atoms with Gasteiger partial charge in [-0.05, 0) is 72.9 Å². The molecular formula is C28H27FN2O3. The fraction of sp³-hybridized carbons (Fsp3) is 0.214. The van der Waals surface area contributed by atoms with Crippen LogP contribution in [0.1, 0.15) is 36.5 Å². The molecule has 0 unspecified atom stereocenters. The largest absolute Gasteiger partial charge is 0.495 e. The Kier molecular flexibility index (Phi) is 6.77. The number of hydrogen-bond donors (Lipinski definition) is 1. The van der Waals surface area contributed by atoms with E-state index in [-0.39, 0.29) is 11.3 Å². The van der Waals surface area contributed by atoms with E-state index in [1.54, 1.807) is 25.3 Å². The molecule has 0 spiro atoms. The Balaban J connectivity index is 1.76. The molecule has 3 aromatic rings. The van der Waals surface area contributed by atoms with E-state index in [2.05, 4.69) is 12.2 Å². The van der Waals surface area contributed by atoms with Crippen LogP contribution in [0.25, 0.3) is 5.57 Å². The van der Waals surface area contributed by atoms with Gasteiger partial charge in [0.2, 0.25) is 0 Å². The number of halogens is 1. The number of unbranched alkanes of at least 4 members (excludes halogenated alkanes) is 1. The van der Waals surface area contributed by atoms with E-state index in [1.165, 1.54) is 24.3 Å². The van der Waals surface area contributed by atoms with E-state index in [0.717, 1.165) is 35.3 Å². The molecule has 34 heavy (non-hydrogen) atoms. The molecule has 3 aromatic carbocycles. The lowest BCUT2D eigenvalue weighted by atomic mass is 10.0. The molecule has 0 radical (unpaired) electrons. The Bertz CT molecular complexity index is 1250. The molecule has 6 heteroatoms. The quantitative estimate of drug-likeness (QED) is 0.428. The highest BCUT2D eigenvalue weighted by molar-refractivity contribution is 6.46. The summed E-state index contributed by atoms with van der Waals surface area (Å²) in [6.07, 6.45) is 3.11. The van der Waals surface area contributed by atoms with Crippen LogP contribution in [0.15, 0.2) is 72.4 Å². The number of nitrogens with zero attached hydrogens (tertiary/aromatic N) is 1. The number of anilines is 2. The number of hydrogen-bond acceptors (Lipinski definition) is 4. The first-order chi connectivity index (χ1) is 16.4. The van der Waals surface area contributed by atoms with Gasteiger partial charge in [0.25, 0.3) is 11.8 Å². The zero-order chi connectivity index (χ0) is 24.2. The third-order valence-corrected chi connectivity index (χ3v) is 5.85. The second-order valence-corrected chi connectivity index (χ2v) is 8.30. The average molecular weight is 459 g/mol. The van der Waals surface area contributed by atoms with Gasteiger partial charge in [0.1, 0.15) is 17.3 Å². The first-order valence-electron chi connectivity index (χ1n) is 11.3. The number of nitrogens with one attached hydrogen (secondary N) is 1. The van der Waals surface area contributed by atoms with Crippen molar-refractivity contribution in [1.29, 1.82) is 0 Å². The molecule has 0 saturated carbocycles. The van der Waals surface area contributed by atoms with Crippen LogP contribution in [0.3, 0.4) is 0 Å². The number of imide groups is 1. The third kappa shape index (κ3) is 4.57. The van der Waals surface area contributed by atoms with Crippen LogP contribution >= 0.6 is 0 Å². The van der Waals surface area contributed by atoms with Crippen molar-refractivity contribution >= 4 is 28.8 Å². The average Bonchev–Trinajstić information content (AvgIpc) is 3.08. The lowest BCUT2D eigenvalue weighted by Gasteiger charge is -2.16. The molecule has 2 amide bonds. The van der Waals surface area contributed by atoms with Crippen molar-refractivity contribution in [1.82, 2.24) is 0 Å². The molecule has 1 heterocycles. The molecule has 0 atom stereocenters. The summed E-state index contributed by atoms with van der Waals surface area (Å²) in [7, 11) is 1.54. The third-order valence-electron chi connectivity index (χ3n) is 5.85. The molecular weight excluding hydrogens is 431 g/mol. The Hall–Kier alpha value is -3.93. The normalized spacial score (nSPS) is 13.6. The van der Waals surface area contributed by atoms with Gasteiger partial charge in [0.05, 0.1) is 24.1 Å². The summed E-state index contributed by atoms with van der Waals surface area (Å²) >= 11 is 0. The van der Waals surface area contributed by atoms with Crippen molar-refractivity contribution in [2.24, 2.45) is 0 Å². The van der Waals surface area contributed by atoms with E-state index < -0.39 is 17.6 Å². The maximum Gasteiger partial charge on any atom is 0.282 e. The van der Waals surface area contributed by atoms with Gasteiger partial charge in [-0.1, -0.05) is 43.7 Å². The second-order valence-electron chi connectivity index (χ2n) is 8.30. The molecule has 1 aliphatic heterocycles. The Labute approximate surface area is 198 Å². The van der Waals surface area contributed by atoms with E-state index in [1.807, 2.05) is 31.2 Å². The highest BCUT2D eigenvalue weighted by atomic mass is 19.1. The van der Waals surface area contributed by atoms with Crippen LogP contribution < -0.4 is 15.0 Å². The van der Waals surface area contributed by atoms with Crippen LogP contribution in [0.5, 0.6) is 5.75 Å². The van der Waals surface area contributed by atoms with Crippen LogP contribution in [0.2, 0.25) is 0 Å². The Morgan fingerprint density at radius 1 is 0.941 bits per heavy atom. The van der Waals surface area contributed by atoms with Crippen molar-refractivity contribution in [2.75, 3.05) is 17.3 Å². The molecule has 174 valence electrons. The fourth-order valence-electron chi connectivity index (χ4n) is 4.01. The number of benzene rings is 3. The number of carbonyl (C=O) groups is 2. The summed E-state index contributed by atoms with van der Waals surface area (Å²) in [5, 5.41) is 3.13. The highest BCUT2D eigenvalue weighted by Gasteiger charge is 2.40. The standard InChI is InChI=1S/C28H27FN2O3/c1-4-5-6-19-8-14-22(15-9-19)31-27(32)25(20-10-12-21(29)13-11-20)26(28(31)33)30-23-17-18(2)7-16-24(23)34-3/h7-17,30H,4-6H2,1-3H3. The number of rotatable bonds is 8. The smallest absolute Gasteiger partial charge is 0.282 e. The minimum atomic E-state index is -0.478. The SMILES string of the molecule is CCCCc1ccc(N2C(=O)C(Nc3cc(C)ccc3OC)=C(c3ccc(F)cc3)C2=O)cc1. The maximum absolute atomic E-state index is 13.6. The van der Waals surface area contributed by atoms with Gasteiger partial charge >= 0.3 is 0 Å². The van der Waals surface area contributed by atoms with Crippen molar-refractivity contribution < 1.29 is 18.7 Å². The molecule has 1 N–H and O–H groups in total. The van der Waals surface area contributed by atoms with Crippen LogP contribution in [-0.2, 0) is 16.0 Å². The zero-order valence-electron chi connectivity index (χ0n) is 19.5. The summed E-state index contributed by atoms with van der Waals surface area (Å²) in [6, 6.07) is 18.6. The van der Waals surface area contributed by atoms with Gasteiger partial charge in [-0.2, -0.15) is 0 Å². The number of methoxy groups -OCH3 is 1. The summed E-state index contributed by atoms with van der Waals surface area (Å²) < 4.78 is 19.0. The molecule has 0 fully saturated rings. The number of amides is 2. The summed E-state index contributed by atoms with van der Waals surface area (Å²) in [5.41, 5.74) is 3.93. The number of ether oxygens (including phenoxy) is 1. The van der Waals surface area contributed by atoms with E-state index in [9.17, 15) is 14.0 Å². The molecule has 0 bridgehead atoms. The van der Waals surface area contributed by atoms with Gasteiger partial charge in [-0.3, -0.25) is 9.59 Å². The van der Waals surface area contributed by atoms with Crippen molar-refractivity contribution in [2.45, 2.75) is 33.1 Å². The maximum atomic E-state index is 13.6. The summed E-state index contributed by atoms with van der Waals surface area (Å²) in [4.78, 5) is 28.3. The van der Waals surface area contributed by atoms with E-state index in [0.29, 0.717) is 22.7 Å². The second kappa shape index (κ2) is 9.91. The van der Waals surface area contributed by atoms with Gasteiger partial charge in [-0.25, -0.2) is 9.29 Å². The fourth-order valence-corrected chi connectivity index (χ4v) is 4.01. The first kappa shape index (κ1) is 23.2. The topological polar surface area (TPSA) is 58.6 Å². The molecule has 5 nitrogen and oxygen atoms in total. The predicted octanol–water partition coefficient (Wildman–Crippen LogP) is 5.88. The van der Waals surface area contributed by atoms with Crippen molar-refractivity contribution in [3.8, 4) is 5.75 Å². The summed E-state index contributed by atoms with van der Waals surface area (Å²) in [5.74, 6) is -0.827. The van der Waals surface area contributed by atoms with E-state index in [4.69, 9.17) is 4.74 Å². The first-order valence-corrected chi connectivity index (χ1v) is 11.3. The molecule has 4 rings (SSSR count). The van der Waals surface area contributed by atoms with Gasteiger partial charge < -0.3 is 10.1 Å². The van der Waals surface area contributed by atoms with E-state index >= 15 is 0 Å². The molecule has 0 saturated heterocycles. The van der Waals surface area contributed by atoms with Crippen LogP contribution in [-0.4, -0.2) is 18.9 Å². The Morgan fingerprint density at radius 3 is 2.29 bits per heavy atom. The monoisotopic (exact) mass is 458 g/mol. The molecule has 1 aliphatic rings. The minimum Gasteiger partial charge on any atom is -0.495 e. The van der Waals surface area contributed by atoms with Gasteiger partial charge in [0.15, 0.2) is 0 Å². The minimum absolute atomic E-state index is 0.121. The van der Waals surface area contributed by atoms with Crippen molar-refractivity contribution in [3.63, 3.8) is 0 Å². The van der Waals surface area contributed by atoms with Crippen LogP contribution in [0.4, 0.5) is 15.8 Å². The molecule has 0 aliphatic carbocycles. The number of carbonyl (C=O) groups excluding carboxylic acids is 2. The number of aryl methyl sites for hydroxylation is 2. The lowest BCUT2D eigenvalue weighted by Crippen LogP contribution is -2.32. The van der Waals surface area contributed by atoms with Crippen molar-refractivity contribution in [3.05, 3.63) is 94.9 Å². The van der Waals surface area contributed by atoms with Gasteiger partial charge in [0, 0.05) is 0 Å². The Morgan fingerprint density at radius 2 is 1.65 bits per heavy atom. The highest BCUT2D eigenvalue weighted by Crippen LogP contribution is 2.36. The summed E-state index contributed by atoms with van der Waals surface area (Å²) in [6.45, 7) is 4.06. The predicted molar refractivity (Wildman–Crippen MR) is 132 cm³/mol. The molecule has 0 aromatic heterocycles. The zero-order valence-corrected chi connectivity index (χ0v) is 19.5.